The van der Waals surface area contributed by atoms with E-state index in [1.54, 1.807) is 0 Å². The monoisotopic (exact) mass is 512 g/mol. The van der Waals surface area contributed by atoms with Gasteiger partial charge in [-0.05, 0) is 31.2 Å². The predicted octanol–water partition coefficient (Wildman–Crippen LogP) is 3.97. The van der Waals surface area contributed by atoms with Gasteiger partial charge in [0.05, 0.1) is 5.75 Å². The minimum Gasteiger partial charge on any atom is -0.368 e. The zero-order chi connectivity index (χ0) is 25.0. The van der Waals surface area contributed by atoms with Crippen LogP contribution in [0.2, 0.25) is 5.02 Å². The number of halogens is 1. The number of rotatable bonds is 12. The quantitative estimate of drug-likeness (QED) is 0.215. The summed E-state index contributed by atoms with van der Waals surface area (Å²) in [5.41, 5.74) is 1.75. The number of nitrogens with zero attached hydrogens (tertiary/aromatic N) is 2. The Hall–Kier alpha value is -3.30. The van der Waals surface area contributed by atoms with Crippen molar-refractivity contribution in [2.75, 3.05) is 42.6 Å². The Bertz CT molecular complexity index is 1130. The lowest BCUT2D eigenvalue weighted by atomic mass is 10.2. The lowest BCUT2D eigenvalue weighted by Crippen LogP contribution is -2.30. The standard InChI is InChI=1S/C25H29ClN6O2S/c1-17-23(29-14-12-27-18(2)33)31-25(19-6-4-3-5-7-19)32-24(17)30-15-13-28-22(34)16-35-21-10-8-20(26)9-11-21/h3-11H,12-16H2,1-2H3,(H,27,33)(H,28,34)(H2,29,30,31,32). The van der Waals surface area contributed by atoms with E-state index in [1.165, 1.54) is 18.7 Å². The van der Waals surface area contributed by atoms with Gasteiger partial charge < -0.3 is 21.3 Å². The number of amides is 2. The first-order chi connectivity index (χ1) is 16.9. The van der Waals surface area contributed by atoms with E-state index in [1.807, 2.05) is 61.5 Å². The highest BCUT2D eigenvalue weighted by Gasteiger charge is 2.12. The SMILES string of the molecule is CC(=O)NCCNc1nc(-c2ccccc2)nc(NCCNC(=O)CSc2ccc(Cl)cc2)c1C. The average molecular weight is 513 g/mol. The largest absolute Gasteiger partial charge is 0.368 e. The van der Waals surface area contributed by atoms with Crippen molar-refractivity contribution in [3.05, 3.63) is 65.2 Å². The molecule has 0 aliphatic carbocycles. The third-order valence-electron chi connectivity index (χ3n) is 4.89. The van der Waals surface area contributed by atoms with E-state index < -0.39 is 0 Å². The summed E-state index contributed by atoms with van der Waals surface area (Å²) in [7, 11) is 0. The first-order valence-corrected chi connectivity index (χ1v) is 12.6. The van der Waals surface area contributed by atoms with Crippen LogP contribution < -0.4 is 21.3 Å². The van der Waals surface area contributed by atoms with Gasteiger partial charge in [-0.3, -0.25) is 9.59 Å². The zero-order valence-electron chi connectivity index (χ0n) is 19.7. The van der Waals surface area contributed by atoms with Gasteiger partial charge in [-0.1, -0.05) is 41.9 Å². The second kappa shape index (κ2) is 13.6. The Morgan fingerprint density at radius 1 is 0.857 bits per heavy atom. The topological polar surface area (TPSA) is 108 Å². The number of carbonyl (C=O) groups is 2. The lowest BCUT2D eigenvalue weighted by Gasteiger charge is -2.16. The van der Waals surface area contributed by atoms with Crippen LogP contribution in [0.1, 0.15) is 12.5 Å². The lowest BCUT2D eigenvalue weighted by molar-refractivity contribution is -0.119. The molecule has 0 fully saturated rings. The predicted molar refractivity (Wildman–Crippen MR) is 143 cm³/mol. The molecule has 2 amide bonds. The molecule has 184 valence electrons. The summed E-state index contributed by atoms with van der Waals surface area (Å²) in [4.78, 5) is 33.7. The number of nitrogens with one attached hydrogen (secondary N) is 4. The van der Waals surface area contributed by atoms with Crippen molar-refractivity contribution in [3.8, 4) is 11.4 Å². The van der Waals surface area contributed by atoms with E-state index in [0.717, 1.165) is 16.0 Å². The van der Waals surface area contributed by atoms with Crippen LogP contribution in [0.15, 0.2) is 59.5 Å². The highest BCUT2D eigenvalue weighted by atomic mass is 35.5. The molecule has 0 radical (unpaired) electrons. The molecule has 2 aromatic carbocycles. The van der Waals surface area contributed by atoms with Crippen molar-refractivity contribution < 1.29 is 9.59 Å². The van der Waals surface area contributed by atoms with Gasteiger partial charge in [0.1, 0.15) is 11.6 Å². The van der Waals surface area contributed by atoms with Crippen LogP contribution in [0.4, 0.5) is 11.6 Å². The third-order valence-corrected chi connectivity index (χ3v) is 6.16. The molecular weight excluding hydrogens is 484 g/mol. The molecule has 0 unspecified atom stereocenters. The fourth-order valence-corrected chi connectivity index (χ4v) is 3.96. The summed E-state index contributed by atoms with van der Waals surface area (Å²) in [6, 6.07) is 17.1. The summed E-state index contributed by atoms with van der Waals surface area (Å²) in [5.74, 6) is 2.17. The Morgan fingerprint density at radius 2 is 1.46 bits per heavy atom. The minimum absolute atomic E-state index is 0.0449. The Labute approximate surface area is 214 Å². The van der Waals surface area contributed by atoms with Crippen LogP contribution >= 0.6 is 23.4 Å². The molecule has 35 heavy (non-hydrogen) atoms. The molecule has 3 rings (SSSR count). The molecule has 0 aliphatic heterocycles. The summed E-state index contributed by atoms with van der Waals surface area (Å²) in [6.07, 6.45) is 0. The molecule has 0 saturated heterocycles. The van der Waals surface area contributed by atoms with Gasteiger partial charge in [0.2, 0.25) is 11.8 Å². The van der Waals surface area contributed by atoms with E-state index in [0.29, 0.717) is 54.4 Å². The molecule has 0 aliphatic rings. The average Bonchev–Trinajstić information content (AvgIpc) is 2.86. The fourth-order valence-electron chi connectivity index (χ4n) is 3.11. The van der Waals surface area contributed by atoms with Crippen LogP contribution in [0, 0.1) is 6.92 Å². The van der Waals surface area contributed by atoms with Gasteiger partial charge in [-0.2, -0.15) is 0 Å². The van der Waals surface area contributed by atoms with Gasteiger partial charge in [0.15, 0.2) is 5.82 Å². The number of anilines is 2. The van der Waals surface area contributed by atoms with E-state index in [-0.39, 0.29) is 11.8 Å². The van der Waals surface area contributed by atoms with Crippen molar-refractivity contribution in [3.63, 3.8) is 0 Å². The van der Waals surface area contributed by atoms with Crippen molar-refractivity contribution in [1.29, 1.82) is 0 Å². The number of aromatic nitrogens is 2. The van der Waals surface area contributed by atoms with Crippen LogP contribution in [0.5, 0.6) is 0 Å². The Morgan fingerprint density at radius 3 is 2.06 bits per heavy atom. The number of carbonyl (C=O) groups excluding carboxylic acids is 2. The van der Waals surface area contributed by atoms with E-state index in [2.05, 4.69) is 26.3 Å². The first kappa shape index (κ1) is 26.3. The van der Waals surface area contributed by atoms with Crippen LogP contribution in [0.25, 0.3) is 11.4 Å². The third kappa shape index (κ3) is 8.77. The van der Waals surface area contributed by atoms with Crippen LogP contribution in [-0.4, -0.2) is 53.7 Å². The Balaban J connectivity index is 1.57. The van der Waals surface area contributed by atoms with Gasteiger partial charge in [0.25, 0.3) is 0 Å². The highest BCUT2D eigenvalue weighted by molar-refractivity contribution is 8.00. The highest BCUT2D eigenvalue weighted by Crippen LogP contribution is 2.25. The summed E-state index contributed by atoms with van der Waals surface area (Å²) in [5, 5.41) is 12.9. The molecule has 1 heterocycles. The van der Waals surface area contributed by atoms with Gasteiger partial charge in [-0.25, -0.2) is 9.97 Å². The maximum atomic E-state index is 12.2. The summed E-state index contributed by atoms with van der Waals surface area (Å²) in [6.45, 7) is 5.40. The minimum atomic E-state index is -0.0767. The zero-order valence-corrected chi connectivity index (χ0v) is 21.3. The fraction of sp³-hybridized carbons (Fsp3) is 0.280. The molecule has 0 atom stereocenters. The number of hydrogen-bond acceptors (Lipinski definition) is 7. The molecular formula is C25H29ClN6O2S. The van der Waals surface area contributed by atoms with Gasteiger partial charge in [-0.15, -0.1) is 11.8 Å². The molecule has 3 aromatic rings. The number of benzene rings is 2. The molecule has 0 saturated carbocycles. The number of thioether (sulfide) groups is 1. The molecule has 8 nitrogen and oxygen atoms in total. The summed E-state index contributed by atoms with van der Waals surface area (Å²) < 4.78 is 0. The normalized spacial score (nSPS) is 10.5. The molecule has 0 spiro atoms. The van der Waals surface area contributed by atoms with Crippen molar-refractivity contribution in [1.82, 2.24) is 20.6 Å². The molecule has 10 heteroatoms. The Kier molecular flexibility index (Phi) is 10.2. The van der Waals surface area contributed by atoms with Crippen molar-refractivity contribution in [2.24, 2.45) is 0 Å². The first-order valence-electron chi connectivity index (χ1n) is 11.2. The maximum absolute atomic E-state index is 12.2. The molecule has 4 N–H and O–H groups in total. The second-order valence-corrected chi connectivity index (χ2v) is 9.15. The molecule has 0 bridgehead atoms. The van der Waals surface area contributed by atoms with E-state index in [4.69, 9.17) is 16.6 Å². The van der Waals surface area contributed by atoms with E-state index >= 15 is 0 Å². The number of hydrogen-bond donors (Lipinski definition) is 4. The van der Waals surface area contributed by atoms with Crippen LogP contribution in [0.3, 0.4) is 0 Å². The van der Waals surface area contributed by atoms with Crippen molar-refractivity contribution >= 4 is 46.8 Å². The smallest absolute Gasteiger partial charge is 0.230 e. The summed E-state index contributed by atoms with van der Waals surface area (Å²) >= 11 is 7.35. The molecule has 1 aromatic heterocycles. The van der Waals surface area contributed by atoms with Crippen molar-refractivity contribution in [2.45, 2.75) is 18.7 Å². The maximum Gasteiger partial charge on any atom is 0.230 e. The second-order valence-electron chi connectivity index (χ2n) is 7.66. The van der Waals surface area contributed by atoms with Gasteiger partial charge >= 0.3 is 0 Å². The van der Waals surface area contributed by atoms with Crippen LogP contribution in [-0.2, 0) is 9.59 Å². The van der Waals surface area contributed by atoms with Gasteiger partial charge in [0, 0.05) is 54.1 Å². The van der Waals surface area contributed by atoms with E-state index in [9.17, 15) is 9.59 Å².